The maximum absolute atomic E-state index is 11.8. The molecule has 0 bridgehead atoms. The summed E-state index contributed by atoms with van der Waals surface area (Å²) in [7, 11) is 0. The summed E-state index contributed by atoms with van der Waals surface area (Å²) in [5.41, 5.74) is 0.844. The van der Waals surface area contributed by atoms with E-state index in [4.69, 9.17) is 9.47 Å². The molecule has 0 aliphatic carbocycles. The van der Waals surface area contributed by atoms with E-state index in [-0.39, 0.29) is 22.3 Å². The monoisotopic (exact) mass is 444 g/mol. The Hall–Kier alpha value is -4.46. The van der Waals surface area contributed by atoms with Gasteiger partial charge in [0.15, 0.2) is 0 Å². The Morgan fingerprint density at radius 2 is 1.03 bits per heavy atom. The molecular formula is C25H16O8. The zero-order chi connectivity index (χ0) is 23.3. The summed E-state index contributed by atoms with van der Waals surface area (Å²) >= 11 is 0. The van der Waals surface area contributed by atoms with Crippen molar-refractivity contribution in [3.8, 4) is 17.2 Å². The predicted molar refractivity (Wildman–Crippen MR) is 113 cm³/mol. The quantitative estimate of drug-likeness (QED) is 0.421. The first kappa shape index (κ1) is 20.4. The minimum Gasteiger partial charge on any atom is -0.483 e. The van der Waals surface area contributed by atoms with Gasteiger partial charge in [-0.15, -0.1) is 0 Å². The van der Waals surface area contributed by atoms with Gasteiger partial charge in [0.2, 0.25) is 0 Å². The molecule has 0 fully saturated rings. The van der Waals surface area contributed by atoms with E-state index in [0.29, 0.717) is 17.2 Å². The number of rotatable bonds is 5. The third kappa shape index (κ3) is 3.61. The Kier molecular flexibility index (Phi) is 4.52. The molecule has 0 saturated heterocycles. The number of carbonyl (C=O) groups excluding carboxylic acids is 4. The lowest BCUT2D eigenvalue weighted by Gasteiger charge is -2.27. The average molecular weight is 444 g/mol. The highest BCUT2D eigenvalue weighted by Gasteiger charge is 2.32. The van der Waals surface area contributed by atoms with E-state index >= 15 is 0 Å². The Labute approximate surface area is 187 Å². The lowest BCUT2D eigenvalue weighted by Crippen LogP contribution is -2.25. The van der Waals surface area contributed by atoms with Crippen LogP contribution in [0.2, 0.25) is 0 Å². The molecule has 2 aliphatic heterocycles. The number of fused-ring (bicyclic) bond motifs is 2. The SMILES string of the molecule is CC(C)(Oc1ccc2c(c1)C(=O)OC2=O)c1ccc(Oc2ccc3c(c2)C(=O)OC3=O)cc1. The zero-order valence-electron chi connectivity index (χ0n) is 17.5. The van der Waals surface area contributed by atoms with E-state index < -0.39 is 29.5 Å². The highest BCUT2D eigenvalue weighted by Crippen LogP contribution is 2.33. The number of carbonyl (C=O) groups is 4. The van der Waals surface area contributed by atoms with E-state index in [9.17, 15) is 19.2 Å². The summed E-state index contributed by atoms with van der Waals surface area (Å²) in [5, 5.41) is 0. The van der Waals surface area contributed by atoms with Crippen LogP contribution in [0.1, 0.15) is 60.8 Å². The van der Waals surface area contributed by atoms with Crippen LogP contribution in [0.4, 0.5) is 0 Å². The van der Waals surface area contributed by atoms with Gasteiger partial charge in [-0.2, -0.15) is 0 Å². The lowest BCUT2D eigenvalue weighted by atomic mass is 9.97. The fourth-order valence-electron chi connectivity index (χ4n) is 3.67. The van der Waals surface area contributed by atoms with E-state index in [1.54, 1.807) is 24.3 Å². The molecule has 0 aromatic heterocycles. The van der Waals surface area contributed by atoms with Crippen LogP contribution in [-0.2, 0) is 15.1 Å². The average Bonchev–Trinajstić information content (AvgIpc) is 3.22. The van der Waals surface area contributed by atoms with Crippen LogP contribution in [0.15, 0.2) is 60.7 Å². The highest BCUT2D eigenvalue weighted by atomic mass is 16.6. The molecule has 3 aromatic rings. The van der Waals surface area contributed by atoms with E-state index in [1.807, 2.05) is 26.0 Å². The molecule has 8 nitrogen and oxygen atoms in total. The van der Waals surface area contributed by atoms with E-state index in [0.717, 1.165) is 5.56 Å². The van der Waals surface area contributed by atoms with Crippen LogP contribution in [0.3, 0.4) is 0 Å². The second-order valence-electron chi connectivity index (χ2n) is 8.01. The summed E-state index contributed by atoms with van der Waals surface area (Å²) in [6.07, 6.45) is 0. The summed E-state index contributed by atoms with van der Waals surface area (Å²) < 4.78 is 21.1. The molecule has 0 N–H and O–H groups in total. The van der Waals surface area contributed by atoms with Crippen LogP contribution in [0.5, 0.6) is 17.2 Å². The Morgan fingerprint density at radius 1 is 0.576 bits per heavy atom. The van der Waals surface area contributed by atoms with Crippen molar-refractivity contribution >= 4 is 23.9 Å². The molecule has 0 spiro atoms. The first-order chi connectivity index (χ1) is 15.7. The zero-order valence-corrected chi connectivity index (χ0v) is 17.5. The number of hydrogen-bond acceptors (Lipinski definition) is 8. The molecule has 0 saturated carbocycles. The van der Waals surface area contributed by atoms with Crippen molar-refractivity contribution in [3.63, 3.8) is 0 Å². The molecule has 0 atom stereocenters. The van der Waals surface area contributed by atoms with Crippen molar-refractivity contribution in [3.05, 3.63) is 88.5 Å². The van der Waals surface area contributed by atoms with Crippen LogP contribution in [-0.4, -0.2) is 23.9 Å². The van der Waals surface area contributed by atoms with Gasteiger partial charge in [-0.25, -0.2) is 19.2 Å². The molecular weight excluding hydrogens is 428 g/mol. The molecule has 0 radical (unpaired) electrons. The third-order valence-electron chi connectivity index (χ3n) is 5.39. The number of cyclic esters (lactones) is 4. The van der Waals surface area contributed by atoms with Gasteiger partial charge in [0.05, 0.1) is 22.3 Å². The van der Waals surface area contributed by atoms with E-state index in [1.165, 1.54) is 24.3 Å². The van der Waals surface area contributed by atoms with Crippen molar-refractivity contribution < 1.29 is 38.1 Å². The van der Waals surface area contributed by atoms with E-state index in [2.05, 4.69) is 9.47 Å². The van der Waals surface area contributed by atoms with Gasteiger partial charge >= 0.3 is 23.9 Å². The van der Waals surface area contributed by atoms with Crippen LogP contribution in [0, 0.1) is 0 Å². The molecule has 164 valence electrons. The first-order valence-corrected chi connectivity index (χ1v) is 10.00. The Morgan fingerprint density at radius 3 is 1.61 bits per heavy atom. The minimum absolute atomic E-state index is 0.170. The number of esters is 4. The van der Waals surface area contributed by atoms with Crippen molar-refractivity contribution in [1.82, 2.24) is 0 Å². The van der Waals surface area contributed by atoms with Crippen LogP contribution < -0.4 is 9.47 Å². The highest BCUT2D eigenvalue weighted by molar-refractivity contribution is 6.15. The van der Waals surface area contributed by atoms with Crippen LogP contribution in [0.25, 0.3) is 0 Å². The molecule has 0 amide bonds. The fourth-order valence-corrected chi connectivity index (χ4v) is 3.67. The van der Waals surface area contributed by atoms with Crippen LogP contribution >= 0.6 is 0 Å². The molecule has 0 unspecified atom stereocenters. The second kappa shape index (κ2) is 7.30. The van der Waals surface area contributed by atoms with Crippen molar-refractivity contribution in [2.75, 3.05) is 0 Å². The van der Waals surface area contributed by atoms with Gasteiger partial charge in [0.1, 0.15) is 22.8 Å². The maximum Gasteiger partial charge on any atom is 0.347 e. The normalized spacial score (nSPS) is 14.5. The van der Waals surface area contributed by atoms with Gasteiger partial charge in [0.25, 0.3) is 0 Å². The topological polar surface area (TPSA) is 105 Å². The molecule has 2 heterocycles. The van der Waals surface area contributed by atoms with Crippen molar-refractivity contribution in [2.24, 2.45) is 0 Å². The smallest absolute Gasteiger partial charge is 0.347 e. The standard InChI is InChI=1S/C25H16O8/c1-25(2,33-16-8-10-18-20(12-16)24(29)32-22(18)27)13-3-5-14(6-4-13)30-15-7-9-17-19(11-15)23(28)31-21(17)26/h3-12H,1-2H3. The second-order valence-corrected chi connectivity index (χ2v) is 8.01. The van der Waals surface area contributed by atoms with Gasteiger partial charge in [-0.3, -0.25) is 0 Å². The largest absolute Gasteiger partial charge is 0.483 e. The first-order valence-electron chi connectivity index (χ1n) is 10.00. The molecule has 33 heavy (non-hydrogen) atoms. The van der Waals surface area contributed by atoms with Gasteiger partial charge in [-0.1, -0.05) is 12.1 Å². The summed E-state index contributed by atoms with van der Waals surface area (Å²) in [4.78, 5) is 46.7. The maximum atomic E-state index is 11.8. The van der Waals surface area contributed by atoms with Gasteiger partial charge in [0, 0.05) is 0 Å². The molecule has 8 heteroatoms. The fraction of sp³-hybridized carbons (Fsp3) is 0.120. The van der Waals surface area contributed by atoms with Crippen molar-refractivity contribution in [1.29, 1.82) is 0 Å². The van der Waals surface area contributed by atoms with Gasteiger partial charge < -0.3 is 18.9 Å². The summed E-state index contributed by atoms with van der Waals surface area (Å²) in [6.45, 7) is 3.73. The number of ether oxygens (including phenoxy) is 4. The van der Waals surface area contributed by atoms with Crippen molar-refractivity contribution in [2.45, 2.75) is 19.4 Å². The summed E-state index contributed by atoms with van der Waals surface area (Å²) in [5.74, 6) is -1.38. The molecule has 3 aromatic carbocycles. The molecule has 2 aliphatic rings. The van der Waals surface area contributed by atoms with Gasteiger partial charge in [-0.05, 0) is 67.9 Å². The lowest BCUT2D eigenvalue weighted by molar-refractivity contribution is 0.0425. The number of hydrogen-bond donors (Lipinski definition) is 0. The summed E-state index contributed by atoms with van der Waals surface area (Å²) in [6, 6.07) is 16.3. The predicted octanol–water partition coefficient (Wildman–Crippen LogP) is 4.41. The third-order valence-corrected chi connectivity index (χ3v) is 5.39. The Balaban J connectivity index is 1.32. The Bertz CT molecular complexity index is 1350. The minimum atomic E-state index is -0.767. The number of benzene rings is 3. The molecule has 5 rings (SSSR count).